The minimum Gasteiger partial charge on any atom is -0.381 e. The highest BCUT2D eigenvalue weighted by atomic mass is 35.5. The minimum absolute atomic E-state index is 0.125. The molecule has 3 nitrogen and oxygen atoms in total. The number of aromatic nitrogens is 2. The molecule has 5 heteroatoms. The summed E-state index contributed by atoms with van der Waals surface area (Å²) in [4.78, 5) is 0. The van der Waals surface area contributed by atoms with E-state index in [0.717, 1.165) is 22.6 Å². The lowest BCUT2D eigenvalue weighted by molar-refractivity contribution is 0.628. The molecule has 1 N–H and O–H groups in total. The lowest BCUT2D eigenvalue weighted by Crippen LogP contribution is -2.02. The minimum atomic E-state index is -0.407. The summed E-state index contributed by atoms with van der Waals surface area (Å²) in [6.45, 7) is 4.64. The lowest BCUT2D eigenvalue weighted by Gasteiger charge is -2.07. The van der Waals surface area contributed by atoms with Crippen molar-refractivity contribution in [3.8, 4) is 0 Å². The van der Waals surface area contributed by atoms with Crippen molar-refractivity contribution in [3.63, 3.8) is 0 Å². The second kappa shape index (κ2) is 4.98. The molecule has 0 fully saturated rings. The topological polar surface area (TPSA) is 29.9 Å². The second-order valence-electron chi connectivity index (χ2n) is 4.26. The summed E-state index contributed by atoms with van der Waals surface area (Å²) in [5.74, 6) is -0.407. The number of halogens is 2. The summed E-state index contributed by atoms with van der Waals surface area (Å²) in [5.41, 5.74) is 4.06. The van der Waals surface area contributed by atoms with E-state index in [1.54, 1.807) is 12.1 Å². The van der Waals surface area contributed by atoms with Gasteiger partial charge in [0.15, 0.2) is 0 Å². The Balaban J connectivity index is 2.14. The van der Waals surface area contributed by atoms with E-state index in [0.29, 0.717) is 6.54 Å². The van der Waals surface area contributed by atoms with E-state index in [9.17, 15) is 4.39 Å². The van der Waals surface area contributed by atoms with Gasteiger partial charge >= 0.3 is 0 Å². The third-order valence-electron chi connectivity index (χ3n) is 3.05. The molecule has 0 unspecified atom stereocenters. The van der Waals surface area contributed by atoms with E-state index in [1.165, 1.54) is 6.07 Å². The van der Waals surface area contributed by atoms with Gasteiger partial charge in [-0.3, -0.25) is 4.68 Å². The molecular formula is C13H15ClFN3. The number of hydrogen-bond donors (Lipinski definition) is 1. The average Bonchev–Trinajstić information content (AvgIpc) is 2.56. The van der Waals surface area contributed by atoms with Gasteiger partial charge in [0.1, 0.15) is 5.82 Å². The Morgan fingerprint density at radius 3 is 2.67 bits per heavy atom. The molecule has 2 aromatic rings. The molecule has 0 radical (unpaired) electrons. The molecule has 1 heterocycles. The summed E-state index contributed by atoms with van der Waals surface area (Å²) in [7, 11) is 1.92. The molecule has 1 aromatic heterocycles. The van der Waals surface area contributed by atoms with Crippen LogP contribution in [-0.2, 0) is 13.6 Å². The van der Waals surface area contributed by atoms with Gasteiger partial charge in [0, 0.05) is 30.5 Å². The molecule has 0 aliphatic heterocycles. The third kappa shape index (κ3) is 2.48. The van der Waals surface area contributed by atoms with Crippen LogP contribution in [0.2, 0.25) is 5.02 Å². The Bertz CT molecular complexity index is 578. The maximum atomic E-state index is 13.0. The molecule has 0 spiro atoms. The molecular weight excluding hydrogens is 253 g/mol. The summed E-state index contributed by atoms with van der Waals surface area (Å²) >= 11 is 5.73. The Labute approximate surface area is 111 Å². The van der Waals surface area contributed by atoms with E-state index in [-0.39, 0.29) is 5.02 Å². The summed E-state index contributed by atoms with van der Waals surface area (Å²) in [6, 6.07) is 4.60. The van der Waals surface area contributed by atoms with E-state index < -0.39 is 5.82 Å². The fourth-order valence-electron chi connectivity index (χ4n) is 1.87. The zero-order chi connectivity index (χ0) is 13.3. The third-order valence-corrected chi connectivity index (χ3v) is 3.34. The first-order chi connectivity index (χ1) is 8.49. The second-order valence-corrected chi connectivity index (χ2v) is 4.66. The Morgan fingerprint density at radius 1 is 1.39 bits per heavy atom. The largest absolute Gasteiger partial charge is 0.381 e. The molecule has 18 heavy (non-hydrogen) atoms. The van der Waals surface area contributed by atoms with Crippen LogP contribution in [0.4, 0.5) is 10.1 Å². The van der Waals surface area contributed by atoms with Crippen LogP contribution in [-0.4, -0.2) is 9.78 Å². The van der Waals surface area contributed by atoms with Crippen LogP contribution in [0.3, 0.4) is 0 Å². The maximum Gasteiger partial charge on any atom is 0.141 e. The molecule has 0 saturated heterocycles. The van der Waals surface area contributed by atoms with E-state index in [2.05, 4.69) is 10.4 Å². The van der Waals surface area contributed by atoms with Gasteiger partial charge in [-0.1, -0.05) is 11.6 Å². The highest BCUT2D eigenvalue weighted by Crippen LogP contribution is 2.21. The zero-order valence-electron chi connectivity index (χ0n) is 10.6. The van der Waals surface area contributed by atoms with E-state index in [1.807, 2.05) is 25.6 Å². The number of aryl methyl sites for hydroxylation is 2. The highest BCUT2D eigenvalue weighted by Gasteiger charge is 2.09. The molecule has 0 aliphatic carbocycles. The van der Waals surface area contributed by atoms with Crippen molar-refractivity contribution in [2.45, 2.75) is 20.4 Å². The number of hydrogen-bond acceptors (Lipinski definition) is 2. The molecule has 96 valence electrons. The van der Waals surface area contributed by atoms with Crippen LogP contribution < -0.4 is 5.32 Å². The van der Waals surface area contributed by atoms with Crippen LogP contribution in [0.5, 0.6) is 0 Å². The van der Waals surface area contributed by atoms with Gasteiger partial charge < -0.3 is 5.32 Å². The predicted octanol–water partition coefficient (Wildman–Crippen LogP) is 3.44. The van der Waals surface area contributed by atoms with Gasteiger partial charge in [-0.2, -0.15) is 5.10 Å². The van der Waals surface area contributed by atoms with E-state index >= 15 is 0 Å². The maximum absolute atomic E-state index is 13.0. The fourth-order valence-corrected chi connectivity index (χ4v) is 2.05. The first-order valence-corrected chi connectivity index (χ1v) is 6.05. The predicted molar refractivity (Wildman–Crippen MR) is 71.4 cm³/mol. The van der Waals surface area contributed by atoms with Gasteiger partial charge in [-0.25, -0.2) is 4.39 Å². The van der Waals surface area contributed by atoms with Crippen LogP contribution in [0.25, 0.3) is 0 Å². The fraction of sp³-hybridized carbons (Fsp3) is 0.308. The average molecular weight is 268 g/mol. The zero-order valence-corrected chi connectivity index (χ0v) is 11.3. The summed E-state index contributed by atoms with van der Waals surface area (Å²) < 4.78 is 14.9. The standard InChI is InChI=1S/C13H15ClFN3/c1-8-11(9(2)18(3)17-8)7-16-10-4-5-13(15)12(14)6-10/h4-6,16H,7H2,1-3H3. The van der Waals surface area contributed by atoms with Crippen molar-refractivity contribution < 1.29 is 4.39 Å². The van der Waals surface area contributed by atoms with Gasteiger partial charge in [0.05, 0.1) is 10.7 Å². The summed E-state index contributed by atoms with van der Waals surface area (Å²) in [5, 5.41) is 7.69. The Hall–Kier alpha value is -1.55. The quantitative estimate of drug-likeness (QED) is 0.923. The number of rotatable bonds is 3. The van der Waals surface area contributed by atoms with Gasteiger partial charge in [-0.05, 0) is 32.0 Å². The van der Waals surface area contributed by atoms with Gasteiger partial charge in [0.2, 0.25) is 0 Å². The van der Waals surface area contributed by atoms with Gasteiger partial charge in [0.25, 0.3) is 0 Å². The number of nitrogens with one attached hydrogen (secondary N) is 1. The van der Waals surface area contributed by atoms with Crippen molar-refractivity contribution in [2.75, 3.05) is 5.32 Å². The molecule has 0 bridgehead atoms. The number of nitrogens with zero attached hydrogens (tertiary/aromatic N) is 2. The SMILES string of the molecule is Cc1nn(C)c(C)c1CNc1ccc(F)c(Cl)c1. The van der Waals surface area contributed by atoms with Crippen molar-refractivity contribution in [3.05, 3.63) is 46.0 Å². The highest BCUT2D eigenvalue weighted by molar-refractivity contribution is 6.31. The van der Waals surface area contributed by atoms with Crippen molar-refractivity contribution in [1.29, 1.82) is 0 Å². The first-order valence-electron chi connectivity index (χ1n) is 5.67. The Morgan fingerprint density at radius 2 is 2.11 bits per heavy atom. The normalized spacial score (nSPS) is 10.7. The Kier molecular flexibility index (Phi) is 3.57. The lowest BCUT2D eigenvalue weighted by atomic mass is 10.2. The van der Waals surface area contributed by atoms with Crippen LogP contribution >= 0.6 is 11.6 Å². The van der Waals surface area contributed by atoms with Gasteiger partial charge in [-0.15, -0.1) is 0 Å². The van der Waals surface area contributed by atoms with Crippen molar-refractivity contribution in [2.24, 2.45) is 7.05 Å². The summed E-state index contributed by atoms with van der Waals surface area (Å²) in [6.07, 6.45) is 0. The van der Waals surface area contributed by atoms with Crippen LogP contribution in [0.1, 0.15) is 17.0 Å². The molecule has 0 atom stereocenters. The van der Waals surface area contributed by atoms with E-state index in [4.69, 9.17) is 11.6 Å². The number of benzene rings is 1. The molecule has 2 rings (SSSR count). The monoisotopic (exact) mass is 267 g/mol. The van der Waals surface area contributed by atoms with Crippen molar-refractivity contribution in [1.82, 2.24) is 9.78 Å². The van der Waals surface area contributed by atoms with Crippen molar-refractivity contribution >= 4 is 17.3 Å². The molecule has 0 saturated carbocycles. The smallest absolute Gasteiger partial charge is 0.141 e. The molecule has 0 aliphatic rings. The molecule has 0 amide bonds. The number of anilines is 1. The molecule has 1 aromatic carbocycles. The van der Waals surface area contributed by atoms with Crippen LogP contribution in [0, 0.1) is 19.7 Å². The first kappa shape index (κ1) is 12.9. The van der Waals surface area contributed by atoms with Crippen LogP contribution in [0.15, 0.2) is 18.2 Å².